The van der Waals surface area contributed by atoms with Gasteiger partial charge in [0, 0.05) is 6.04 Å². The molecule has 0 bridgehead atoms. The number of aliphatic carboxylic acids is 1. The molecule has 0 aliphatic heterocycles. The summed E-state index contributed by atoms with van der Waals surface area (Å²) in [6, 6.07) is 17.8. The van der Waals surface area contributed by atoms with Crippen LogP contribution in [0, 0.1) is 5.92 Å². The minimum atomic E-state index is -0.879. The molecule has 2 atom stereocenters. The monoisotopic (exact) mass is 423 g/mol. The molecule has 0 aliphatic rings. The molecule has 1 amide bonds. The summed E-state index contributed by atoms with van der Waals surface area (Å²) in [5.41, 5.74) is 2.67. The Labute approximate surface area is 215 Å². The molecule has 2 aromatic carbocycles. The molecule has 2 rings (SSSR count). The second kappa shape index (κ2) is 11.9. The summed E-state index contributed by atoms with van der Waals surface area (Å²) in [5, 5.41) is 12.1. The van der Waals surface area contributed by atoms with Gasteiger partial charge in [0.1, 0.15) is 5.60 Å². The molecule has 0 saturated heterocycles. The molecular weight excluding hydrogens is 393 g/mol. The predicted octanol–water partition coefficient (Wildman–Crippen LogP) is 4.25. The fourth-order valence-corrected chi connectivity index (χ4v) is 2.94. The van der Waals surface area contributed by atoms with Gasteiger partial charge in [-0.2, -0.15) is 0 Å². The van der Waals surface area contributed by atoms with Gasteiger partial charge in [-0.3, -0.25) is 4.79 Å². The Morgan fingerprint density at radius 3 is 2.07 bits per heavy atom. The molecule has 152 valence electrons. The van der Waals surface area contributed by atoms with Crippen LogP contribution in [0.15, 0.2) is 54.6 Å². The van der Waals surface area contributed by atoms with Crippen molar-refractivity contribution in [2.75, 3.05) is 0 Å². The van der Waals surface area contributed by atoms with Gasteiger partial charge < -0.3 is 15.2 Å². The van der Waals surface area contributed by atoms with Crippen LogP contribution in [0.3, 0.4) is 0 Å². The number of carboxylic acid groups (broad SMARTS) is 1. The Balaban J connectivity index is 0.00000420. The van der Waals surface area contributed by atoms with Crippen LogP contribution in [0.25, 0.3) is 11.1 Å². The van der Waals surface area contributed by atoms with Crippen molar-refractivity contribution < 1.29 is 19.4 Å². The number of nitrogens with one attached hydrogen (secondary N) is 1. The Morgan fingerprint density at radius 2 is 1.55 bits per heavy atom. The van der Waals surface area contributed by atoms with Crippen molar-refractivity contribution in [2.45, 2.75) is 52.2 Å². The number of hydrogen-bond acceptors (Lipinski definition) is 3. The van der Waals surface area contributed by atoms with Crippen LogP contribution in [0.4, 0.5) is 4.79 Å². The number of carbonyl (C=O) groups excluding carboxylic acids is 1. The summed E-state index contributed by atoms with van der Waals surface area (Å²) < 4.78 is 5.33. The Kier molecular flexibility index (Phi) is 10.6. The van der Waals surface area contributed by atoms with E-state index in [1.165, 1.54) is 0 Å². The molecule has 5 nitrogen and oxygen atoms in total. The molecule has 2 aromatic rings. The molecule has 0 aliphatic carbocycles. The van der Waals surface area contributed by atoms with E-state index in [0.717, 1.165) is 16.7 Å². The van der Waals surface area contributed by atoms with E-state index in [1.54, 1.807) is 27.7 Å². The van der Waals surface area contributed by atoms with Gasteiger partial charge in [-0.25, -0.2) is 4.79 Å². The summed E-state index contributed by atoms with van der Waals surface area (Å²) >= 11 is 0. The summed E-state index contributed by atoms with van der Waals surface area (Å²) in [7, 11) is 0. The van der Waals surface area contributed by atoms with Crippen molar-refractivity contribution in [3.8, 4) is 11.1 Å². The average molecular weight is 424 g/mol. The van der Waals surface area contributed by atoms with Gasteiger partial charge in [0.25, 0.3) is 0 Å². The van der Waals surface area contributed by atoms with Crippen molar-refractivity contribution in [2.24, 2.45) is 5.92 Å². The third-order valence-electron chi connectivity index (χ3n) is 4.32. The second-order valence-corrected chi connectivity index (χ2v) is 8.09. The first-order chi connectivity index (χ1) is 13.1. The molecule has 0 fully saturated rings. The Bertz CT molecular complexity index is 785. The molecule has 0 radical (unpaired) electrons. The van der Waals surface area contributed by atoms with E-state index in [4.69, 9.17) is 4.74 Å². The normalized spacial score (nSPS) is 13.0. The van der Waals surface area contributed by atoms with Gasteiger partial charge in [0.05, 0.1) is 5.92 Å². The molecule has 0 unspecified atom stereocenters. The van der Waals surface area contributed by atoms with Gasteiger partial charge in [-0.05, 0) is 50.3 Å². The maximum absolute atomic E-state index is 12.2. The first-order valence-electron chi connectivity index (χ1n) is 9.51. The van der Waals surface area contributed by atoms with E-state index >= 15 is 0 Å². The summed E-state index contributed by atoms with van der Waals surface area (Å²) in [6.45, 7) is 7.03. The van der Waals surface area contributed by atoms with Crippen LogP contribution in [-0.2, 0) is 16.0 Å². The summed E-state index contributed by atoms with van der Waals surface area (Å²) in [4.78, 5) is 23.4. The van der Waals surface area contributed by atoms with E-state index in [2.05, 4.69) is 17.4 Å². The van der Waals surface area contributed by atoms with Crippen molar-refractivity contribution in [1.82, 2.24) is 5.32 Å². The van der Waals surface area contributed by atoms with Gasteiger partial charge >= 0.3 is 63.4 Å². The molecule has 6 heteroatoms. The molecule has 29 heavy (non-hydrogen) atoms. The number of rotatable bonds is 7. The third-order valence-corrected chi connectivity index (χ3v) is 4.32. The van der Waals surface area contributed by atoms with Crippen LogP contribution in [-0.4, -0.2) is 80.2 Å². The molecule has 0 spiro atoms. The van der Waals surface area contributed by atoms with Crippen molar-refractivity contribution in [1.29, 1.82) is 0 Å². The topological polar surface area (TPSA) is 75.6 Å². The predicted molar refractivity (Wildman–Crippen MR) is 117 cm³/mol. The number of amides is 1. The van der Waals surface area contributed by atoms with Crippen LogP contribution in [0.1, 0.15) is 39.7 Å². The maximum atomic E-state index is 12.2. The van der Waals surface area contributed by atoms with Crippen molar-refractivity contribution in [3.05, 3.63) is 60.2 Å². The van der Waals surface area contributed by atoms with Gasteiger partial charge in [-0.1, -0.05) is 61.5 Å². The molecule has 2 N–H and O–H groups in total. The van der Waals surface area contributed by atoms with Gasteiger partial charge in [0.2, 0.25) is 0 Å². The molecule has 0 saturated carbocycles. The van der Waals surface area contributed by atoms with Crippen molar-refractivity contribution >= 4 is 63.4 Å². The molecular formula is C23H30KNO4. The van der Waals surface area contributed by atoms with Crippen molar-refractivity contribution in [3.63, 3.8) is 0 Å². The van der Waals surface area contributed by atoms with E-state index in [0.29, 0.717) is 12.8 Å². The second-order valence-electron chi connectivity index (χ2n) is 8.09. The zero-order valence-electron chi connectivity index (χ0n) is 16.9. The SMILES string of the molecule is C[C@H](C[C@@H](Cc1ccc(-c2ccccc2)cc1)NC(=O)OC(C)(C)C)C(=O)O.[KH]. The van der Waals surface area contributed by atoms with Crippen LogP contribution in [0.5, 0.6) is 0 Å². The number of carboxylic acids is 1. The number of benzene rings is 2. The number of hydrogen-bond donors (Lipinski definition) is 2. The van der Waals surface area contributed by atoms with E-state index in [1.807, 2.05) is 42.5 Å². The third kappa shape index (κ3) is 9.44. The number of alkyl carbamates (subject to hydrolysis) is 1. The summed E-state index contributed by atoms with van der Waals surface area (Å²) in [6.07, 6.45) is 0.331. The van der Waals surface area contributed by atoms with Crippen LogP contribution < -0.4 is 5.32 Å². The summed E-state index contributed by atoms with van der Waals surface area (Å²) in [5.74, 6) is -1.45. The molecule has 0 heterocycles. The first-order valence-corrected chi connectivity index (χ1v) is 9.51. The molecule has 0 aromatic heterocycles. The number of carbonyl (C=O) groups is 2. The zero-order chi connectivity index (χ0) is 20.7. The van der Waals surface area contributed by atoms with Gasteiger partial charge in [-0.15, -0.1) is 0 Å². The standard InChI is InChI=1S/C23H29NO4.K.H/c1-16(21(25)26)14-20(24-22(27)28-23(2,3)4)15-17-10-12-19(13-11-17)18-8-6-5-7-9-18;;/h5-13,16,20H,14-15H2,1-4H3,(H,24,27)(H,25,26);;/t16-,20+;;/m1../s1. The van der Waals surface area contributed by atoms with E-state index < -0.39 is 23.6 Å². The first kappa shape index (κ1) is 25.9. The number of ether oxygens (including phenoxy) is 1. The fraction of sp³-hybridized carbons (Fsp3) is 0.391. The van der Waals surface area contributed by atoms with Gasteiger partial charge in [0.15, 0.2) is 0 Å². The Morgan fingerprint density at radius 1 is 1.00 bits per heavy atom. The Hall–Kier alpha value is -1.18. The van der Waals surface area contributed by atoms with Crippen LogP contribution in [0.2, 0.25) is 0 Å². The zero-order valence-corrected chi connectivity index (χ0v) is 16.9. The quantitative estimate of drug-likeness (QED) is 0.653. The fourth-order valence-electron chi connectivity index (χ4n) is 2.94. The van der Waals surface area contributed by atoms with Crippen LogP contribution >= 0.6 is 0 Å². The van der Waals surface area contributed by atoms with E-state index in [-0.39, 0.29) is 57.4 Å². The van der Waals surface area contributed by atoms with E-state index in [9.17, 15) is 14.7 Å². The average Bonchev–Trinajstić information content (AvgIpc) is 2.61. The minimum absolute atomic E-state index is 0.